The minimum Gasteiger partial charge on any atom is -0.365 e. The van der Waals surface area contributed by atoms with Gasteiger partial charge >= 0.3 is 0 Å². The Morgan fingerprint density at radius 1 is 1.40 bits per heavy atom. The summed E-state index contributed by atoms with van der Waals surface area (Å²) in [5.41, 5.74) is 2.03. The SMILES string of the molecule is Cc1nc2n(n1)CC(Nc1ccc(C(=O)Nc3nncs3)cn1)CC2. The van der Waals surface area contributed by atoms with Gasteiger partial charge < -0.3 is 5.32 Å². The summed E-state index contributed by atoms with van der Waals surface area (Å²) >= 11 is 1.27. The van der Waals surface area contributed by atoms with Crippen LogP contribution < -0.4 is 10.6 Å². The van der Waals surface area contributed by atoms with Crippen LogP contribution in [0.25, 0.3) is 0 Å². The third-order valence-electron chi connectivity index (χ3n) is 3.92. The quantitative estimate of drug-likeness (QED) is 0.729. The number of anilines is 2. The number of aromatic nitrogens is 6. The Labute approximate surface area is 147 Å². The smallest absolute Gasteiger partial charge is 0.259 e. The number of nitrogens with zero attached hydrogens (tertiary/aromatic N) is 6. The molecule has 0 fully saturated rings. The largest absolute Gasteiger partial charge is 0.365 e. The van der Waals surface area contributed by atoms with E-state index in [1.54, 1.807) is 23.8 Å². The molecule has 0 bridgehead atoms. The van der Waals surface area contributed by atoms with E-state index < -0.39 is 0 Å². The fraction of sp³-hybridized carbons (Fsp3) is 0.333. The highest BCUT2D eigenvalue weighted by molar-refractivity contribution is 7.13. The summed E-state index contributed by atoms with van der Waals surface area (Å²) < 4.78 is 1.94. The maximum Gasteiger partial charge on any atom is 0.259 e. The standard InChI is InChI=1S/C15H16N8OS/c1-9-18-13-5-3-11(7-23(13)22-9)19-12-4-2-10(6-16-12)14(24)20-15-21-17-8-25-15/h2,4,6,8,11H,3,5,7H2,1H3,(H,16,19)(H,20,21,24). The van der Waals surface area contributed by atoms with E-state index in [2.05, 4.69) is 35.9 Å². The Balaban J connectivity index is 1.38. The Hall–Kier alpha value is -2.88. The van der Waals surface area contributed by atoms with E-state index in [9.17, 15) is 4.79 Å². The Bertz CT molecular complexity index is 874. The second kappa shape index (κ2) is 6.55. The average Bonchev–Trinajstić information content (AvgIpc) is 3.23. The lowest BCUT2D eigenvalue weighted by atomic mass is 10.1. The molecule has 10 heteroatoms. The van der Waals surface area contributed by atoms with Crippen molar-refractivity contribution in [3.8, 4) is 0 Å². The van der Waals surface area contributed by atoms with Crippen molar-refractivity contribution in [1.29, 1.82) is 0 Å². The van der Waals surface area contributed by atoms with E-state index in [0.29, 0.717) is 10.7 Å². The molecule has 1 aliphatic heterocycles. The highest BCUT2D eigenvalue weighted by Gasteiger charge is 2.21. The molecule has 3 aromatic heterocycles. The monoisotopic (exact) mass is 356 g/mol. The molecule has 1 atom stereocenters. The number of hydrogen-bond donors (Lipinski definition) is 2. The van der Waals surface area contributed by atoms with E-state index in [-0.39, 0.29) is 11.9 Å². The Morgan fingerprint density at radius 3 is 3.08 bits per heavy atom. The summed E-state index contributed by atoms with van der Waals surface area (Å²) in [6.45, 7) is 2.66. The molecule has 2 N–H and O–H groups in total. The summed E-state index contributed by atoms with van der Waals surface area (Å²) in [5, 5.41) is 18.4. The van der Waals surface area contributed by atoms with Gasteiger partial charge in [-0.3, -0.25) is 10.1 Å². The van der Waals surface area contributed by atoms with E-state index in [1.807, 2.05) is 11.6 Å². The first-order valence-electron chi connectivity index (χ1n) is 7.88. The van der Waals surface area contributed by atoms with Crippen LogP contribution in [0, 0.1) is 6.92 Å². The van der Waals surface area contributed by atoms with Gasteiger partial charge in [-0.1, -0.05) is 11.3 Å². The molecule has 0 spiro atoms. The summed E-state index contributed by atoms with van der Waals surface area (Å²) in [6, 6.07) is 3.78. The first-order chi connectivity index (χ1) is 12.2. The van der Waals surface area contributed by atoms with Crippen LogP contribution in [0.5, 0.6) is 0 Å². The fourth-order valence-corrected chi connectivity index (χ4v) is 3.21. The lowest BCUT2D eigenvalue weighted by Gasteiger charge is -2.24. The fourth-order valence-electron chi connectivity index (χ4n) is 2.77. The molecule has 1 amide bonds. The molecule has 0 aromatic carbocycles. The Morgan fingerprint density at radius 2 is 2.32 bits per heavy atom. The Kier molecular flexibility index (Phi) is 4.10. The van der Waals surface area contributed by atoms with Crippen molar-refractivity contribution < 1.29 is 4.79 Å². The number of pyridine rings is 1. The van der Waals surface area contributed by atoms with Crippen LogP contribution in [-0.4, -0.2) is 41.9 Å². The van der Waals surface area contributed by atoms with E-state index in [0.717, 1.165) is 36.9 Å². The molecule has 128 valence electrons. The van der Waals surface area contributed by atoms with Gasteiger partial charge in [0.05, 0.1) is 12.1 Å². The van der Waals surface area contributed by atoms with E-state index in [1.165, 1.54) is 11.3 Å². The van der Waals surface area contributed by atoms with Crippen molar-refractivity contribution in [2.45, 2.75) is 32.4 Å². The molecule has 1 unspecified atom stereocenters. The van der Waals surface area contributed by atoms with Crippen molar-refractivity contribution in [1.82, 2.24) is 29.9 Å². The molecule has 4 rings (SSSR count). The van der Waals surface area contributed by atoms with Gasteiger partial charge in [0.25, 0.3) is 5.91 Å². The van der Waals surface area contributed by atoms with Crippen LogP contribution in [0.15, 0.2) is 23.8 Å². The first-order valence-corrected chi connectivity index (χ1v) is 8.76. The van der Waals surface area contributed by atoms with Crippen molar-refractivity contribution in [2.24, 2.45) is 0 Å². The van der Waals surface area contributed by atoms with Crippen LogP contribution >= 0.6 is 11.3 Å². The number of rotatable bonds is 4. The second-order valence-corrected chi connectivity index (χ2v) is 6.60. The molecule has 25 heavy (non-hydrogen) atoms. The number of hydrogen-bond acceptors (Lipinski definition) is 8. The van der Waals surface area contributed by atoms with Crippen molar-refractivity contribution in [3.05, 3.63) is 41.1 Å². The number of nitrogens with one attached hydrogen (secondary N) is 2. The third kappa shape index (κ3) is 3.48. The second-order valence-electron chi connectivity index (χ2n) is 5.77. The van der Waals surface area contributed by atoms with E-state index in [4.69, 9.17) is 0 Å². The summed E-state index contributed by atoms with van der Waals surface area (Å²) in [4.78, 5) is 20.8. The zero-order chi connectivity index (χ0) is 17.2. The van der Waals surface area contributed by atoms with Crippen LogP contribution in [0.4, 0.5) is 10.9 Å². The van der Waals surface area contributed by atoms with Crippen molar-refractivity contribution in [2.75, 3.05) is 10.6 Å². The molecular formula is C15H16N8OS. The van der Waals surface area contributed by atoms with Gasteiger partial charge in [0.1, 0.15) is 23.0 Å². The topological polar surface area (TPSA) is 111 Å². The number of aryl methyl sites for hydroxylation is 2. The zero-order valence-electron chi connectivity index (χ0n) is 13.5. The van der Waals surface area contributed by atoms with E-state index >= 15 is 0 Å². The lowest BCUT2D eigenvalue weighted by molar-refractivity contribution is 0.102. The minimum atomic E-state index is -0.254. The molecule has 3 aromatic rings. The van der Waals surface area contributed by atoms with Crippen molar-refractivity contribution in [3.63, 3.8) is 0 Å². The first kappa shape index (κ1) is 15.6. The van der Waals surface area contributed by atoms with Gasteiger partial charge in [-0.05, 0) is 25.5 Å². The van der Waals surface area contributed by atoms with Crippen LogP contribution in [-0.2, 0) is 13.0 Å². The molecule has 0 saturated carbocycles. The molecule has 0 radical (unpaired) electrons. The molecule has 0 saturated heterocycles. The van der Waals surface area contributed by atoms with Gasteiger partial charge in [-0.15, -0.1) is 10.2 Å². The average molecular weight is 356 g/mol. The van der Waals surface area contributed by atoms with Gasteiger partial charge in [0.15, 0.2) is 0 Å². The minimum absolute atomic E-state index is 0.238. The van der Waals surface area contributed by atoms with Gasteiger partial charge in [0, 0.05) is 18.7 Å². The maximum absolute atomic E-state index is 12.1. The summed E-state index contributed by atoms with van der Waals surface area (Å²) in [6.07, 6.45) is 3.41. The van der Waals surface area contributed by atoms with Crippen LogP contribution in [0.3, 0.4) is 0 Å². The number of carbonyl (C=O) groups is 1. The molecule has 1 aliphatic rings. The number of carbonyl (C=O) groups excluding carboxylic acids is 1. The van der Waals surface area contributed by atoms with Crippen LogP contribution in [0.2, 0.25) is 0 Å². The predicted octanol–water partition coefficient (Wildman–Crippen LogP) is 1.51. The molecule has 4 heterocycles. The predicted molar refractivity (Wildman–Crippen MR) is 92.6 cm³/mol. The maximum atomic E-state index is 12.1. The highest BCUT2D eigenvalue weighted by atomic mass is 32.1. The van der Waals surface area contributed by atoms with Gasteiger partial charge in [-0.2, -0.15) is 5.10 Å². The summed E-state index contributed by atoms with van der Waals surface area (Å²) in [5.74, 6) is 2.32. The van der Waals surface area contributed by atoms with Gasteiger partial charge in [0.2, 0.25) is 5.13 Å². The molecule has 0 aliphatic carbocycles. The molecular weight excluding hydrogens is 340 g/mol. The lowest BCUT2D eigenvalue weighted by Crippen LogP contribution is -2.32. The number of fused-ring (bicyclic) bond motifs is 1. The van der Waals surface area contributed by atoms with Gasteiger partial charge in [-0.25, -0.2) is 14.6 Å². The van der Waals surface area contributed by atoms with Crippen LogP contribution in [0.1, 0.15) is 28.4 Å². The molecule has 9 nitrogen and oxygen atoms in total. The highest BCUT2D eigenvalue weighted by Crippen LogP contribution is 2.17. The number of amides is 1. The normalized spacial score (nSPS) is 16.3. The summed E-state index contributed by atoms with van der Waals surface area (Å²) in [7, 11) is 0. The van der Waals surface area contributed by atoms with Crippen molar-refractivity contribution >= 4 is 28.2 Å². The zero-order valence-corrected chi connectivity index (χ0v) is 14.3. The third-order valence-corrected chi connectivity index (χ3v) is 4.53.